The smallest absolute Gasteiger partial charge is 0.325 e. The number of carbonyl (C=O) groups is 1. The van der Waals surface area contributed by atoms with Crippen LogP contribution in [0.2, 0.25) is 0 Å². The first-order valence-electron chi connectivity index (χ1n) is 9.76. The highest BCUT2D eigenvalue weighted by Crippen LogP contribution is 2.30. The van der Waals surface area contributed by atoms with Crippen LogP contribution in [0.15, 0.2) is 58.5 Å². The number of nitrogens with zero attached hydrogens (tertiary/aromatic N) is 4. The molecular formula is C21H18F3N5O2S. The Bertz CT molecular complexity index is 1350. The predicted molar refractivity (Wildman–Crippen MR) is 116 cm³/mol. The molecule has 4 rings (SSSR count). The van der Waals surface area contributed by atoms with Crippen molar-refractivity contribution in [1.29, 1.82) is 0 Å². The van der Waals surface area contributed by atoms with Crippen molar-refractivity contribution in [3.63, 3.8) is 0 Å². The summed E-state index contributed by atoms with van der Waals surface area (Å²) in [6.07, 6.45) is -3.70. The topological polar surface area (TPSA) is 81.3 Å². The van der Waals surface area contributed by atoms with Crippen LogP contribution in [0.5, 0.6) is 0 Å². The molecule has 0 aliphatic carbocycles. The fourth-order valence-corrected chi connectivity index (χ4v) is 4.06. The van der Waals surface area contributed by atoms with Crippen LogP contribution in [-0.4, -0.2) is 30.8 Å². The van der Waals surface area contributed by atoms with Crippen molar-refractivity contribution in [3.05, 3.63) is 64.4 Å². The number of hydrogen-bond acceptors (Lipinski definition) is 5. The molecule has 0 aliphatic rings. The van der Waals surface area contributed by atoms with Gasteiger partial charge in [0.1, 0.15) is 0 Å². The van der Waals surface area contributed by atoms with Crippen LogP contribution in [-0.2, 0) is 17.5 Å². The standard InChI is InChI=1S/C21H18F3N5O2S/c1-2-11-28-18(31)15-5-3-4-6-16(15)29-19(28)26-27-20(29)32-12-17(30)25-14-9-7-13(8-10-14)21(22,23)24/h3-10H,2,11-12H2,1H3,(H,25,30). The van der Waals surface area contributed by atoms with Gasteiger partial charge in [-0.05, 0) is 42.8 Å². The number of anilines is 1. The average Bonchev–Trinajstić information content (AvgIpc) is 3.19. The summed E-state index contributed by atoms with van der Waals surface area (Å²) in [5.41, 5.74) is -0.0452. The third-order valence-electron chi connectivity index (χ3n) is 4.75. The molecule has 2 aromatic heterocycles. The number of fused-ring (bicyclic) bond motifs is 3. The number of hydrogen-bond donors (Lipinski definition) is 1. The van der Waals surface area contributed by atoms with Crippen molar-refractivity contribution in [2.45, 2.75) is 31.2 Å². The van der Waals surface area contributed by atoms with E-state index in [2.05, 4.69) is 15.5 Å². The Morgan fingerprint density at radius 1 is 1.09 bits per heavy atom. The summed E-state index contributed by atoms with van der Waals surface area (Å²) >= 11 is 1.12. The van der Waals surface area contributed by atoms with Gasteiger partial charge in [-0.3, -0.25) is 18.6 Å². The van der Waals surface area contributed by atoms with Crippen LogP contribution in [0.4, 0.5) is 18.9 Å². The van der Waals surface area contributed by atoms with Crippen LogP contribution in [0, 0.1) is 0 Å². The summed E-state index contributed by atoms with van der Waals surface area (Å²) in [5.74, 6) is -0.0536. The molecule has 0 atom stereocenters. The maximum absolute atomic E-state index is 12.8. The average molecular weight is 461 g/mol. The van der Waals surface area contributed by atoms with Gasteiger partial charge in [0.05, 0.1) is 22.2 Å². The van der Waals surface area contributed by atoms with Gasteiger partial charge in [-0.2, -0.15) is 13.2 Å². The molecule has 4 aromatic rings. The van der Waals surface area contributed by atoms with Gasteiger partial charge in [0, 0.05) is 12.2 Å². The third-order valence-corrected chi connectivity index (χ3v) is 5.68. The lowest BCUT2D eigenvalue weighted by molar-refractivity contribution is -0.137. The van der Waals surface area contributed by atoms with Gasteiger partial charge >= 0.3 is 6.18 Å². The van der Waals surface area contributed by atoms with Gasteiger partial charge < -0.3 is 5.32 Å². The summed E-state index contributed by atoms with van der Waals surface area (Å²) in [7, 11) is 0. The Labute approximate surface area is 184 Å². The summed E-state index contributed by atoms with van der Waals surface area (Å²) in [4.78, 5) is 25.2. The number of para-hydroxylation sites is 1. The lowest BCUT2D eigenvalue weighted by atomic mass is 10.2. The van der Waals surface area contributed by atoms with Gasteiger partial charge in [0.25, 0.3) is 5.56 Å². The van der Waals surface area contributed by atoms with E-state index in [9.17, 15) is 22.8 Å². The number of thioether (sulfide) groups is 1. The Morgan fingerprint density at radius 3 is 2.50 bits per heavy atom. The molecule has 1 amide bonds. The molecular weight excluding hydrogens is 443 g/mol. The molecule has 0 fully saturated rings. The molecule has 0 saturated heterocycles. The number of aryl methyl sites for hydroxylation is 1. The Hall–Kier alpha value is -3.34. The highest BCUT2D eigenvalue weighted by molar-refractivity contribution is 7.99. The first kappa shape index (κ1) is 21.9. The zero-order chi connectivity index (χ0) is 22.9. The van der Waals surface area contributed by atoms with Gasteiger partial charge in [-0.25, -0.2) is 0 Å². The predicted octanol–water partition coefficient (Wildman–Crippen LogP) is 4.20. The second-order valence-electron chi connectivity index (χ2n) is 7.00. The number of benzene rings is 2. The van der Waals surface area contributed by atoms with Gasteiger partial charge in [0.15, 0.2) is 5.16 Å². The van der Waals surface area contributed by atoms with Crippen molar-refractivity contribution >= 4 is 40.0 Å². The Morgan fingerprint density at radius 2 is 1.81 bits per heavy atom. The lowest BCUT2D eigenvalue weighted by Gasteiger charge is -2.10. The molecule has 166 valence electrons. The molecule has 0 unspecified atom stereocenters. The van der Waals surface area contributed by atoms with E-state index < -0.39 is 17.6 Å². The van der Waals surface area contributed by atoms with Crippen molar-refractivity contribution in [1.82, 2.24) is 19.2 Å². The van der Waals surface area contributed by atoms with Crippen LogP contribution < -0.4 is 10.9 Å². The van der Waals surface area contributed by atoms with Crippen LogP contribution in [0.3, 0.4) is 0 Å². The first-order chi connectivity index (χ1) is 15.3. The first-order valence-corrected chi connectivity index (χ1v) is 10.7. The van der Waals surface area contributed by atoms with Crippen LogP contribution in [0.1, 0.15) is 18.9 Å². The van der Waals surface area contributed by atoms with E-state index >= 15 is 0 Å². The summed E-state index contributed by atoms with van der Waals surface area (Å²) < 4.78 is 41.3. The van der Waals surface area contributed by atoms with Crippen molar-refractivity contribution in [2.75, 3.05) is 11.1 Å². The number of rotatable bonds is 6. The monoisotopic (exact) mass is 461 g/mol. The molecule has 7 nitrogen and oxygen atoms in total. The van der Waals surface area contributed by atoms with Crippen molar-refractivity contribution in [2.24, 2.45) is 0 Å². The minimum Gasteiger partial charge on any atom is -0.325 e. The molecule has 0 radical (unpaired) electrons. The maximum Gasteiger partial charge on any atom is 0.416 e. The molecule has 0 bridgehead atoms. The SMILES string of the molecule is CCCn1c(=O)c2ccccc2n2c(SCC(=O)Nc3ccc(C(F)(F)F)cc3)nnc12. The van der Waals surface area contributed by atoms with E-state index in [1.54, 1.807) is 33.2 Å². The number of aromatic nitrogens is 4. The van der Waals surface area contributed by atoms with Crippen molar-refractivity contribution < 1.29 is 18.0 Å². The highest BCUT2D eigenvalue weighted by Gasteiger charge is 2.30. The second-order valence-corrected chi connectivity index (χ2v) is 7.95. The van der Waals surface area contributed by atoms with Crippen molar-refractivity contribution in [3.8, 4) is 0 Å². The zero-order valence-corrected chi connectivity index (χ0v) is 17.7. The van der Waals surface area contributed by atoms with E-state index in [4.69, 9.17) is 0 Å². The highest BCUT2D eigenvalue weighted by atomic mass is 32.2. The van der Waals surface area contributed by atoms with E-state index in [1.165, 1.54) is 12.1 Å². The number of amides is 1. The molecule has 2 heterocycles. The lowest BCUT2D eigenvalue weighted by Crippen LogP contribution is -2.23. The molecule has 32 heavy (non-hydrogen) atoms. The number of nitrogens with one attached hydrogen (secondary N) is 1. The molecule has 0 saturated carbocycles. The minimum atomic E-state index is -4.44. The summed E-state index contributed by atoms with van der Waals surface area (Å²) in [6.45, 7) is 2.43. The Balaban J connectivity index is 1.57. The number of alkyl halides is 3. The minimum absolute atomic E-state index is 0.0386. The largest absolute Gasteiger partial charge is 0.416 e. The maximum atomic E-state index is 12.8. The van der Waals surface area contributed by atoms with E-state index in [0.29, 0.717) is 28.4 Å². The fraction of sp³-hybridized carbons (Fsp3) is 0.238. The second kappa shape index (κ2) is 8.65. The third kappa shape index (κ3) is 4.20. The summed E-state index contributed by atoms with van der Waals surface area (Å²) in [6, 6.07) is 11.3. The Kier molecular flexibility index (Phi) is 5.92. The normalized spacial score (nSPS) is 11.9. The molecule has 0 aliphatic heterocycles. The van der Waals surface area contributed by atoms with Gasteiger partial charge in [-0.1, -0.05) is 30.8 Å². The zero-order valence-electron chi connectivity index (χ0n) is 16.9. The molecule has 0 spiro atoms. The van der Waals surface area contributed by atoms with E-state index in [0.717, 1.165) is 30.3 Å². The van der Waals surface area contributed by atoms with E-state index in [1.807, 2.05) is 6.92 Å². The van der Waals surface area contributed by atoms with Gasteiger partial charge in [0.2, 0.25) is 11.7 Å². The fourth-order valence-electron chi connectivity index (χ4n) is 3.32. The molecule has 11 heteroatoms. The van der Waals surface area contributed by atoms with Gasteiger partial charge in [-0.15, -0.1) is 10.2 Å². The number of halogens is 3. The van der Waals surface area contributed by atoms with Crippen LogP contribution in [0.25, 0.3) is 16.7 Å². The number of carbonyl (C=O) groups excluding carboxylic acids is 1. The molecule has 2 aromatic carbocycles. The summed E-state index contributed by atoms with van der Waals surface area (Å²) in [5, 5.41) is 11.8. The van der Waals surface area contributed by atoms with Crippen LogP contribution >= 0.6 is 11.8 Å². The van der Waals surface area contributed by atoms with E-state index in [-0.39, 0.29) is 17.0 Å². The molecule has 1 N–H and O–H groups in total. The quantitative estimate of drug-likeness (QED) is 0.435.